The van der Waals surface area contributed by atoms with E-state index < -0.39 is 0 Å². The molecule has 5 heteroatoms. The van der Waals surface area contributed by atoms with Crippen LogP contribution in [0, 0.1) is 0 Å². The molecule has 84 valence electrons. The molecule has 0 atom stereocenters. The lowest BCUT2D eigenvalue weighted by Crippen LogP contribution is -2.21. The van der Waals surface area contributed by atoms with Crippen LogP contribution in [-0.4, -0.2) is 5.91 Å². The van der Waals surface area contributed by atoms with E-state index in [1.54, 1.807) is 23.5 Å². The number of hydrogen-bond donors (Lipinski definition) is 1. The van der Waals surface area contributed by atoms with Gasteiger partial charge in [0.2, 0.25) is 0 Å². The maximum Gasteiger partial charge on any atom is 0.287 e. The number of alkyl halides is 1. The number of thiophene rings is 1. The first-order valence-corrected chi connectivity index (χ1v) is 6.16. The summed E-state index contributed by atoms with van der Waals surface area (Å²) < 4.78 is 5.22. The molecule has 0 saturated heterocycles. The largest absolute Gasteiger partial charge is 0.455 e. The van der Waals surface area contributed by atoms with Crippen molar-refractivity contribution in [3.05, 3.63) is 46.0 Å². The Morgan fingerprint density at radius 1 is 1.44 bits per heavy atom. The van der Waals surface area contributed by atoms with Crippen LogP contribution >= 0.6 is 22.9 Å². The zero-order chi connectivity index (χ0) is 11.4. The highest BCUT2D eigenvalue weighted by Crippen LogP contribution is 2.11. The van der Waals surface area contributed by atoms with Gasteiger partial charge >= 0.3 is 0 Å². The predicted octanol–water partition coefficient (Wildman–Crippen LogP) is 3.01. The number of nitrogens with one attached hydrogen (secondary N) is 1. The zero-order valence-corrected chi connectivity index (χ0v) is 9.98. The van der Waals surface area contributed by atoms with Gasteiger partial charge in [0.15, 0.2) is 5.76 Å². The Hall–Kier alpha value is -1.26. The highest BCUT2D eigenvalue weighted by Gasteiger charge is 2.10. The highest BCUT2D eigenvalue weighted by molar-refractivity contribution is 7.09. The van der Waals surface area contributed by atoms with Gasteiger partial charge in [0, 0.05) is 4.88 Å². The first-order valence-electron chi connectivity index (χ1n) is 4.75. The second-order valence-corrected chi connectivity index (χ2v) is 4.46. The summed E-state index contributed by atoms with van der Waals surface area (Å²) in [7, 11) is 0. The molecule has 1 N–H and O–H groups in total. The van der Waals surface area contributed by atoms with Crippen LogP contribution in [0.25, 0.3) is 0 Å². The summed E-state index contributed by atoms with van der Waals surface area (Å²) in [4.78, 5) is 12.7. The third kappa shape index (κ3) is 2.65. The van der Waals surface area contributed by atoms with Crippen LogP contribution < -0.4 is 5.32 Å². The molecule has 0 unspecified atom stereocenters. The smallest absolute Gasteiger partial charge is 0.287 e. The topological polar surface area (TPSA) is 42.2 Å². The first kappa shape index (κ1) is 11.2. The summed E-state index contributed by atoms with van der Waals surface area (Å²) in [5, 5.41) is 4.75. The standard InChI is InChI=1S/C11H10ClNO2S/c12-6-8-3-4-10(15-8)11(14)13-7-9-2-1-5-16-9/h1-5H,6-7H2,(H,13,14). The van der Waals surface area contributed by atoms with Crippen molar-refractivity contribution in [1.29, 1.82) is 0 Å². The van der Waals surface area contributed by atoms with Gasteiger partial charge in [0.1, 0.15) is 5.76 Å². The highest BCUT2D eigenvalue weighted by atomic mass is 35.5. The SMILES string of the molecule is O=C(NCc1cccs1)c1ccc(CCl)o1. The maximum atomic E-state index is 11.6. The van der Waals surface area contributed by atoms with Crippen molar-refractivity contribution in [3.63, 3.8) is 0 Å². The molecule has 3 nitrogen and oxygen atoms in total. The summed E-state index contributed by atoms with van der Waals surface area (Å²) in [6, 6.07) is 7.25. The molecular weight excluding hydrogens is 246 g/mol. The third-order valence-electron chi connectivity index (χ3n) is 2.02. The molecule has 0 aliphatic rings. The Labute approximate surface area is 102 Å². The number of furan rings is 1. The van der Waals surface area contributed by atoms with E-state index in [0.29, 0.717) is 18.1 Å². The molecule has 2 heterocycles. The first-order chi connectivity index (χ1) is 7.79. The molecule has 2 aromatic rings. The van der Waals surface area contributed by atoms with Crippen LogP contribution in [0.4, 0.5) is 0 Å². The quantitative estimate of drug-likeness (QED) is 0.854. The number of carbonyl (C=O) groups excluding carboxylic acids is 1. The molecule has 2 rings (SSSR count). The van der Waals surface area contributed by atoms with Crippen LogP contribution in [0.5, 0.6) is 0 Å². The number of hydrogen-bond acceptors (Lipinski definition) is 3. The fraction of sp³-hybridized carbons (Fsp3) is 0.182. The van der Waals surface area contributed by atoms with Crippen LogP contribution in [-0.2, 0) is 12.4 Å². The number of halogens is 1. The fourth-order valence-corrected chi connectivity index (χ4v) is 2.03. The van der Waals surface area contributed by atoms with E-state index >= 15 is 0 Å². The molecule has 0 fully saturated rings. The van der Waals surface area contributed by atoms with Gasteiger partial charge in [-0.3, -0.25) is 4.79 Å². The third-order valence-corrected chi connectivity index (χ3v) is 3.16. The molecule has 2 aromatic heterocycles. The summed E-state index contributed by atoms with van der Waals surface area (Å²) in [6.07, 6.45) is 0. The van der Waals surface area contributed by atoms with Crippen molar-refractivity contribution >= 4 is 28.8 Å². The van der Waals surface area contributed by atoms with Crippen molar-refractivity contribution in [2.45, 2.75) is 12.4 Å². The molecule has 0 saturated carbocycles. The fourth-order valence-electron chi connectivity index (χ4n) is 1.24. The van der Waals surface area contributed by atoms with E-state index in [1.807, 2.05) is 17.5 Å². The van der Waals surface area contributed by atoms with Crippen molar-refractivity contribution in [1.82, 2.24) is 5.32 Å². The minimum atomic E-state index is -0.218. The number of rotatable bonds is 4. The van der Waals surface area contributed by atoms with Gasteiger partial charge in [-0.05, 0) is 23.6 Å². The monoisotopic (exact) mass is 255 g/mol. The Morgan fingerprint density at radius 3 is 2.94 bits per heavy atom. The van der Waals surface area contributed by atoms with E-state index in [1.165, 1.54) is 0 Å². The van der Waals surface area contributed by atoms with E-state index in [4.69, 9.17) is 16.0 Å². The van der Waals surface area contributed by atoms with E-state index in [-0.39, 0.29) is 11.8 Å². The van der Waals surface area contributed by atoms with Crippen LogP contribution in [0.2, 0.25) is 0 Å². The lowest BCUT2D eigenvalue weighted by molar-refractivity contribution is 0.0922. The molecule has 0 bridgehead atoms. The second-order valence-electron chi connectivity index (χ2n) is 3.16. The predicted molar refractivity (Wildman–Crippen MR) is 63.8 cm³/mol. The molecular formula is C11H10ClNO2S. The van der Waals surface area contributed by atoms with Gasteiger partial charge in [-0.2, -0.15) is 0 Å². The molecule has 1 amide bonds. The molecule has 16 heavy (non-hydrogen) atoms. The average molecular weight is 256 g/mol. The van der Waals surface area contributed by atoms with Gasteiger partial charge in [0.05, 0.1) is 12.4 Å². The Bertz CT molecular complexity index is 464. The Morgan fingerprint density at radius 2 is 2.31 bits per heavy atom. The summed E-state index contributed by atoms with van der Waals surface area (Å²) in [5.74, 6) is 0.956. The molecule has 0 aliphatic carbocycles. The van der Waals surface area contributed by atoms with Gasteiger partial charge < -0.3 is 9.73 Å². The molecule has 0 spiro atoms. The van der Waals surface area contributed by atoms with Crippen molar-refractivity contribution in [2.75, 3.05) is 0 Å². The lowest BCUT2D eigenvalue weighted by Gasteiger charge is -2.00. The minimum absolute atomic E-state index is 0.218. The Kier molecular flexibility index (Phi) is 3.64. The van der Waals surface area contributed by atoms with Gasteiger partial charge in [-0.25, -0.2) is 0 Å². The molecule has 0 radical (unpaired) electrons. The van der Waals surface area contributed by atoms with Gasteiger partial charge in [-0.1, -0.05) is 6.07 Å². The van der Waals surface area contributed by atoms with Crippen molar-refractivity contribution in [2.24, 2.45) is 0 Å². The van der Waals surface area contributed by atoms with Gasteiger partial charge in [-0.15, -0.1) is 22.9 Å². The van der Waals surface area contributed by atoms with Crippen LogP contribution in [0.3, 0.4) is 0 Å². The molecule has 0 aromatic carbocycles. The normalized spacial score (nSPS) is 10.3. The zero-order valence-electron chi connectivity index (χ0n) is 8.40. The average Bonchev–Trinajstić information content (AvgIpc) is 2.96. The number of amides is 1. The Balaban J connectivity index is 1.93. The summed E-state index contributed by atoms with van der Waals surface area (Å²) in [6.45, 7) is 0.521. The van der Waals surface area contributed by atoms with Gasteiger partial charge in [0.25, 0.3) is 5.91 Å². The lowest BCUT2D eigenvalue weighted by atomic mass is 10.4. The van der Waals surface area contributed by atoms with Crippen LogP contribution in [0.1, 0.15) is 21.2 Å². The summed E-state index contributed by atoms with van der Waals surface area (Å²) in [5.41, 5.74) is 0. The van der Waals surface area contributed by atoms with Crippen molar-refractivity contribution < 1.29 is 9.21 Å². The number of carbonyl (C=O) groups is 1. The van der Waals surface area contributed by atoms with E-state index in [2.05, 4.69) is 5.32 Å². The minimum Gasteiger partial charge on any atom is -0.455 e. The van der Waals surface area contributed by atoms with Crippen molar-refractivity contribution in [3.8, 4) is 0 Å². The summed E-state index contributed by atoms with van der Waals surface area (Å²) >= 11 is 7.18. The van der Waals surface area contributed by atoms with E-state index in [0.717, 1.165) is 4.88 Å². The van der Waals surface area contributed by atoms with Crippen LogP contribution in [0.15, 0.2) is 34.1 Å². The molecule has 0 aliphatic heterocycles. The second kappa shape index (κ2) is 5.18. The van der Waals surface area contributed by atoms with E-state index in [9.17, 15) is 4.79 Å². The maximum absolute atomic E-state index is 11.6.